The number of nitrogens with zero attached hydrogens (tertiary/aromatic N) is 1. The Morgan fingerprint density at radius 1 is 1.59 bits per heavy atom. The van der Waals surface area contributed by atoms with E-state index in [2.05, 4.69) is 37.1 Å². The molecule has 96 valence electrons. The Hall–Kier alpha value is -0.380. The summed E-state index contributed by atoms with van der Waals surface area (Å²) in [7, 11) is 0. The van der Waals surface area contributed by atoms with Crippen molar-refractivity contribution in [2.45, 2.75) is 45.7 Å². The van der Waals surface area contributed by atoms with Gasteiger partial charge in [-0.25, -0.2) is 0 Å². The molecule has 1 aromatic rings. The highest BCUT2D eigenvalue weighted by Gasteiger charge is 2.31. The largest absolute Gasteiger partial charge is 0.326 e. The minimum atomic E-state index is 0.262. The van der Waals surface area contributed by atoms with E-state index in [1.54, 1.807) is 0 Å². The van der Waals surface area contributed by atoms with E-state index in [0.717, 1.165) is 12.3 Å². The van der Waals surface area contributed by atoms with Crippen molar-refractivity contribution in [3.05, 3.63) is 21.9 Å². The normalized spacial score (nSPS) is 25.1. The molecule has 1 aliphatic heterocycles. The number of nitrogens with two attached hydrogens (primary N) is 1. The maximum atomic E-state index is 6.37. The number of hydrogen-bond acceptors (Lipinski definition) is 3. The first-order valence-corrected chi connectivity index (χ1v) is 7.55. The van der Waals surface area contributed by atoms with E-state index in [4.69, 9.17) is 5.73 Å². The number of rotatable bonds is 4. The molecule has 2 nitrogen and oxygen atoms in total. The van der Waals surface area contributed by atoms with Gasteiger partial charge < -0.3 is 5.73 Å². The van der Waals surface area contributed by atoms with Crippen molar-refractivity contribution >= 4 is 11.3 Å². The van der Waals surface area contributed by atoms with Gasteiger partial charge >= 0.3 is 0 Å². The first-order chi connectivity index (χ1) is 8.13. The lowest BCUT2D eigenvalue weighted by molar-refractivity contribution is 0.206. The highest BCUT2D eigenvalue weighted by molar-refractivity contribution is 7.10. The van der Waals surface area contributed by atoms with Crippen LogP contribution in [0.5, 0.6) is 0 Å². The topological polar surface area (TPSA) is 29.3 Å². The average Bonchev–Trinajstić information content (AvgIpc) is 2.90. The molecule has 0 spiro atoms. The van der Waals surface area contributed by atoms with Gasteiger partial charge in [-0.3, -0.25) is 4.90 Å². The lowest BCUT2D eigenvalue weighted by Gasteiger charge is -2.32. The van der Waals surface area contributed by atoms with Gasteiger partial charge in [0.05, 0.1) is 6.04 Å². The Morgan fingerprint density at radius 2 is 2.35 bits per heavy atom. The van der Waals surface area contributed by atoms with Crippen molar-refractivity contribution < 1.29 is 0 Å². The van der Waals surface area contributed by atoms with Crippen molar-refractivity contribution in [1.82, 2.24) is 4.90 Å². The quantitative estimate of drug-likeness (QED) is 0.892. The number of aryl methyl sites for hydroxylation is 1. The molecule has 3 heteroatoms. The van der Waals surface area contributed by atoms with E-state index >= 15 is 0 Å². The van der Waals surface area contributed by atoms with Crippen LogP contribution in [0.3, 0.4) is 0 Å². The highest BCUT2D eigenvalue weighted by atomic mass is 32.1. The van der Waals surface area contributed by atoms with Gasteiger partial charge in [-0.05, 0) is 49.2 Å². The smallest absolute Gasteiger partial charge is 0.0596 e. The van der Waals surface area contributed by atoms with Gasteiger partial charge in [-0.15, -0.1) is 11.3 Å². The van der Waals surface area contributed by atoms with E-state index < -0.39 is 0 Å². The number of likely N-dealkylation sites (tertiary alicyclic amines) is 1. The molecule has 0 radical (unpaired) electrons. The van der Waals surface area contributed by atoms with Crippen LogP contribution in [-0.4, -0.2) is 24.0 Å². The summed E-state index contributed by atoms with van der Waals surface area (Å²) in [6, 6.07) is 2.91. The maximum Gasteiger partial charge on any atom is 0.0596 e. The minimum absolute atomic E-state index is 0.262. The Labute approximate surface area is 109 Å². The zero-order valence-electron chi connectivity index (χ0n) is 11.1. The van der Waals surface area contributed by atoms with E-state index in [-0.39, 0.29) is 6.04 Å². The van der Waals surface area contributed by atoms with Crippen molar-refractivity contribution in [2.75, 3.05) is 13.1 Å². The van der Waals surface area contributed by atoms with Crippen molar-refractivity contribution in [1.29, 1.82) is 0 Å². The third kappa shape index (κ3) is 2.72. The summed E-state index contributed by atoms with van der Waals surface area (Å²) >= 11 is 1.87. The van der Waals surface area contributed by atoms with E-state index in [1.807, 2.05) is 11.3 Å². The predicted octanol–water partition coefficient (Wildman–Crippen LogP) is 3.18. The van der Waals surface area contributed by atoms with Gasteiger partial charge in [-0.2, -0.15) is 0 Å². The van der Waals surface area contributed by atoms with Crippen LogP contribution in [-0.2, 0) is 0 Å². The fraction of sp³-hybridized carbons (Fsp3) is 0.714. The van der Waals surface area contributed by atoms with Crippen LogP contribution in [0.4, 0.5) is 0 Å². The minimum Gasteiger partial charge on any atom is -0.326 e. The molecule has 17 heavy (non-hydrogen) atoms. The fourth-order valence-electron chi connectivity index (χ4n) is 2.76. The van der Waals surface area contributed by atoms with Crippen LogP contribution in [0.15, 0.2) is 11.4 Å². The zero-order valence-corrected chi connectivity index (χ0v) is 12.0. The van der Waals surface area contributed by atoms with Crippen LogP contribution in [0, 0.1) is 12.8 Å². The van der Waals surface area contributed by atoms with Crippen molar-refractivity contribution in [2.24, 2.45) is 11.7 Å². The third-order valence-electron chi connectivity index (χ3n) is 3.90. The zero-order chi connectivity index (χ0) is 12.4. The Balaban J connectivity index is 2.23. The molecule has 1 aromatic heterocycles. The van der Waals surface area contributed by atoms with Crippen LogP contribution < -0.4 is 5.73 Å². The molecule has 2 rings (SSSR count). The third-order valence-corrected chi connectivity index (χ3v) is 4.99. The summed E-state index contributed by atoms with van der Waals surface area (Å²) in [6.07, 6.45) is 2.37. The fourth-order valence-corrected chi connectivity index (χ4v) is 3.90. The second-order valence-electron chi connectivity index (χ2n) is 5.37. The van der Waals surface area contributed by atoms with E-state index in [1.165, 1.54) is 30.0 Å². The van der Waals surface area contributed by atoms with Crippen LogP contribution >= 0.6 is 11.3 Å². The second kappa shape index (κ2) is 5.51. The van der Waals surface area contributed by atoms with Crippen LogP contribution in [0.1, 0.15) is 43.2 Å². The lowest BCUT2D eigenvalue weighted by atomic mass is 10.0. The van der Waals surface area contributed by atoms with Gasteiger partial charge in [0.2, 0.25) is 0 Å². The van der Waals surface area contributed by atoms with Gasteiger partial charge in [0.1, 0.15) is 0 Å². The average molecular weight is 252 g/mol. The van der Waals surface area contributed by atoms with E-state index in [9.17, 15) is 0 Å². The predicted molar refractivity (Wildman–Crippen MR) is 75.4 cm³/mol. The van der Waals surface area contributed by atoms with Crippen LogP contribution in [0.2, 0.25) is 0 Å². The van der Waals surface area contributed by atoms with Gasteiger partial charge in [0, 0.05) is 17.5 Å². The Bertz CT molecular complexity index is 361. The first-order valence-electron chi connectivity index (χ1n) is 6.67. The Kier molecular flexibility index (Phi) is 4.23. The standard InChI is InChI=1S/C14H24N2S/c1-4-12(15)13(14-11(3)6-8-17-14)16-7-5-10(2)9-16/h6,8,10,12-13H,4-5,7,9,15H2,1-3H3. The molecule has 0 aliphatic carbocycles. The summed E-state index contributed by atoms with van der Waals surface area (Å²) in [6.45, 7) is 9.16. The van der Waals surface area contributed by atoms with Gasteiger partial charge in [0.15, 0.2) is 0 Å². The molecule has 3 atom stereocenters. The number of thiophene rings is 1. The monoisotopic (exact) mass is 252 g/mol. The molecule has 1 aliphatic rings. The summed E-state index contributed by atoms with van der Waals surface area (Å²) in [5.41, 5.74) is 7.77. The van der Waals surface area contributed by atoms with Crippen molar-refractivity contribution in [3.8, 4) is 0 Å². The second-order valence-corrected chi connectivity index (χ2v) is 6.32. The Morgan fingerprint density at radius 3 is 2.82 bits per heavy atom. The molecule has 0 saturated carbocycles. The summed E-state index contributed by atoms with van der Waals surface area (Å²) < 4.78 is 0. The summed E-state index contributed by atoms with van der Waals surface area (Å²) in [5.74, 6) is 0.821. The molecule has 3 unspecified atom stereocenters. The maximum absolute atomic E-state index is 6.37. The molecule has 2 N–H and O–H groups in total. The van der Waals surface area contributed by atoms with Gasteiger partial charge in [0.25, 0.3) is 0 Å². The molecular formula is C14H24N2S. The molecule has 0 aromatic carbocycles. The van der Waals surface area contributed by atoms with E-state index in [0.29, 0.717) is 6.04 Å². The molecule has 0 amide bonds. The SMILES string of the molecule is CCC(N)C(c1sccc1C)N1CCC(C)C1. The molecule has 2 heterocycles. The molecule has 0 bridgehead atoms. The van der Waals surface area contributed by atoms with Gasteiger partial charge in [-0.1, -0.05) is 13.8 Å². The molecular weight excluding hydrogens is 228 g/mol. The van der Waals surface area contributed by atoms with Crippen molar-refractivity contribution in [3.63, 3.8) is 0 Å². The first kappa shape index (κ1) is 13.1. The lowest BCUT2D eigenvalue weighted by Crippen LogP contribution is -2.39. The summed E-state index contributed by atoms with van der Waals surface area (Å²) in [5, 5.41) is 2.19. The molecule has 1 saturated heterocycles. The highest BCUT2D eigenvalue weighted by Crippen LogP contribution is 2.35. The number of hydrogen-bond donors (Lipinski definition) is 1. The molecule has 1 fully saturated rings. The van der Waals surface area contributed by atoms with Crippen LogP contribution in [0.25, 0.3) is 0 Å². The summed E-state index contributed by atoms with van der Waals surface area (Å²) in [4.78, 5) is 4.07.